The summed E-state index contributed by atoms with van der Waals surface area (Å²) in [5.74, 6) is -0.934. The second kappa shape index (κ2) is 10.7. The van der Waals surface area contributed by atoms with Gasteiger partial charge in [-0.3, -0.25) is 9.59 Å². The van der Waals surface area contributed by atoms with Gasteiger partial charge in [0.15, 0.2) is 0 Å². The van der Waals surface area contributed by atoms with Crippen molar-refractivity contribution in [2.24, 2.45) is 5.92 Å². The highest BCUT2D eigenvalue weighted by Crippen LogP contribution is 2.36. The number of thioether (sulfide) groups is 1. The Balaban J connectivity index is 2.91. The van der Waals surface area contributed by atoms with Crippen LogP contribution in [0.3, 0.4) is 0 Å². The number of rotatable bonds is 9. The summed E-state index contributed by atoms with van der Waals surface area (Å²) in [6.07, 6.45) is 1.53. The highest BCUT2D eigenvalue weighted by Gasteiger charge is 2.22. The van der Waals surface area contributed by atoms with E-state index in [1.54, 1.807) is 0 Å². The number of nitrogens with one attached hydrogen (secondary N) is 1. The summed E-state index contributed by atoms with van der Waals surface area (Å²) in [4.78, 5) is 24.4. The second-order valence-electron chi connectivity index (χ2n) is 6.10. The summed E-state index contributed by atoms with van der Waals surface area (Å²) in [5.41, 5.74) is 0.0655. The van der Waals surface area contributed by atoms with Gasteiger partial charge in [0.1, 0.15) is 11.1 Å². The third-order valence-corrected chi connectivity index (χ3v) is 5.06. The van der Waals surface area contributed by atoms with E-state index in [4.69, 9.17) is 16.3 Å². The lowest BCUT2D eigenvalue weighted by Gasteiger charge is -2.17. The Hall–Kier alpha value is -1.27. The molecule has 4 nitrogen and oxygen atoms in total. The second-order valence-corrected chi connectivity index (χ2v) is 7.75. The third-order valence-electron chi connectivity index (χ3n) is 3.23. The molecule has 1 amide bonds. The van der Waals surface area contributed by atoms with E-state index in [1.807, 2.05) is 27.7 Å². The first-order chi connectivity index (χ1) is 11.8. The molecule has 0 spiro atoms. The topological polar surface area (TPSA) is 55.4 Å². The summed E-state index contributed by atoms with van der Waals surface area (Å²) in [6.45, 7) is 8.02. The van der Waals surface area contributed by atoms with Gasteiger partial charge in [0.05, 0.1) is 17.3 Å². The number of halogens is 2. The summed E-state index contributed by atoms with van der Waals surface area (Å²) in [7, 11) is 0. The summed E-state index contributed by atoms with van der Waals surface area (Å²) in [6, 6.07) is 2.62. The molecule has 0 heterocycles. The van der Waals surface area contributed by atoms with Crippen LogP contribution in [0, 0.1) is 11.7 Å². The average Bonchev–Trinajstić information content (AvgIpc) is 2.54. The van der Waals surface area contributed by atoms with Crippen LogP contribution < -0.4 is 5.32 Å². The van der Waals surface area contributed by atoms with Gasteiger partial charge >= 0.3 is 5.97 Å². The molecule has 7 heteroatoms. The number of ether oxygens (including phenoxy) is 1. The van der Waals surface area contributed by atoms with Crippen LogP contribution in [0.4, 0.5) is 10.1 Å². The Labute approximate surface area is 157 Å². The molecule has 25 heavy (non-hydrogen) atoms. The molecule has 1 unspecified atom stereocenters. The van der Waals surface area contributed by atoms with E-state index >= 15 is 0 Å². The number of carbonyl (C=O) groups excluding carboxylic acids is 2. The van der Waals surface area contributed by atoms with Crippen LogP contribution in [-0.4, -0.2) is 23.7 Å². The molecule has 1 N–H and O–H groups in total. The smallest absolute Gasteiger partial charge is 0.319 e. The maximum Gasteiger partial charge on any atom is 0.319 e. The van der Waals surface area contributed by atoms with Crippen LogP contribution in [0.25, 0.3) is 0 Å². The molecule has 1 aromatic rings. The molecule has 0 saturated heterocycles. The fourth-order valence-electron chi connectivity index (χ4n) is 1.95. The van der Waals surface area contributed by atoms with Crippen molar-refractivity contribution in [2.75, 3.05) is 11.9 Å². The number of hydrogen-bond acceptors (Lipinski definition) is 4. The van der Waals surface area contributed by atoms with E-state index in [2.05, 4.69) is 5.32 Å². The Bertz CT molecular complexity index is 610. The van der Waals surface area contributed by atoms with Gasteiger partial charge in [-0.05, 0) is 30.9 Å². The molecule has 0 aromatic heterocycles. The Morgan fingerprint density at radius 2 is 2.00 bits per heavy atom. The number of anilines is 1. The molecule has 1 rings (SSSR count). The van der Waals surface area contributed by atoms with Crippen molar-refractivity contribution in [3.63, 3.8) is 0 Å². The van der Waals surface area contributed by atoms with E-state index in [-0.39, 0.29) is 28.5 Å². The van der Waals surface area contributed by atoms with Crippen molar-refractivity contribution >= 4 is 40.9 Å². The standard InChI is InChI=1S/C18H25ClFNO3S/c1-5-7-17(22)21-14-9-16(12(19)8-13(14)20)25-15(6-2)18(23)24-10-11(3)4/h8-9,11,15H,5-7,10H2,1-4H3,(H,21,22). The van der Waals surface area contributed by atoms with E-state index in [0.29, 0.717) is 30.8 Å². The summed E-state index contributed by atoms with van der Waals surface area (Å²) < 4.78 is 19.3. The molecule has 0 aliphatic carbocycles. The minimum Gasteiger partial charge on any atom is -0.465 e. The number of benzene rings is 1. The Morgan fingerprint density at radius 1 is 1.32 bits per heavy atom. The fraction of sp³-hybridized carbons (Fsp3) is 0.556. The van der Waals surface area contributed by atoms with Crippen LogP contribution in [0.15, 0.2) is 17.0 Å². The zero-order valence-corrected chi connectivity index (χ0v) is 16.6. The van der Waals surface area contributed by atoms with E-state index in [9.17, 15) is 14.0 Å². The van der Waals surface area contributed by atoms with E-state index < -0.39 is 11.1 Å². The summed E-state index contributed by atoms with van der Waals surface area (Å²) in [5, 5.41) is 2.29. The quantitative estimate of drug-likeness (QED) is 0.460. The van der Waals surface area contributed by atoms with Gasteiger partial charge < -0.3 is 10.1 Å². The lowest BCUT2D eigenvalue weighted by Crippen LogP contribution is -2.21. The maximum atomic E-state index is 14.0. The van der Waals surface area contributed by atoms with Crippen LogP contribution in [-0.2, 0) is 14.3 Å². The molecule has 0 aliphatic heterocycles. The van der Waals surface area contributed by atoms with Crippen LogP contribution in [0.1, 0.15) is 47.0 Å². The molecule has 140 valence electrons. The van der Waals surface area contributed by atoms with Gasteiger partial charge in [0, 0.05) is 11.3 Å². The Kier molecular flexibility index (Phi) is 9.28. The van der Waals surface area contributed by atoms with Gasteiger partial charge in [0.2, 0.25) is 5.91 Å². The third kappa shape index (κ3) is 7.24. The van der Waals surface area contributed by atoms with Crippen molar-refractivity contribution in [2.45, 2.75) is 57.1 Å². The van der Waals surface area contributed by atoms with Gasteiger partial charge in [-0.1, -0.05) is 39.3 Å². The molecular formula is C18H25ClFNO3S. The van der Waals surface area contributed by atoms with Gasteiger partial charge in [-0.25, -0.2) is 4.39 Å². The van der Waals surface area contributed by atoms with Crippen LogP contribution >= 0.6 is 23.4 Å². The highest BCUT2D eigenvalue weighted by molar-refractivity contribution is 8.00. The molecular weight excluding hydrogens is 365 g/mol. The normalized spacial score (nSPS) is 12.1. The molecule has 0 bridgehead atoms. The lowest BCUT2D eigenvalue weighted by atomic mass is 10.2. The minimum atomic E-state index is -0.603. The van der Waals surface area contributed by atoms with Crippen molar-refractivity contribution < 1.29 is 18.7 Å². The first-order valence-electron chi connectivity index (χ1n) is 8.40. The highest BCUT2D eigenvalue weighted by atomic mass is 35.5. The summed E-state index contributed by atoms with van der Waals surface area (Å²) >= 11 is 7.32. The number of amides is 1. The van der Waals surface area contributed by atoms with Crippen molar-refractivity contribution in [3.8, 4) is 0 Å². The fourth-order valence-corrected chi connectivity index (χ4v) is 3.23. The van der Waals surface area contributed by atoms with Gasteiger partial charge in [-0.2, -0.15) is 0 Å². The number of hydrogen-bond donors (Lipinski definition) is 1. The van der Waals surface area contributed by atoms with Crippen molar-refractivity contribution in [3.05, 3.63) is 23.0 Å². The lowest BCUT2D eigenvalue weighted by molar-refractivity contribution is -0.144. The monoisotopic (exact) mass is 389 g/mol. The van der Waals surface area contributed by atoms with Crippen molar-refractivity contribution in [1.29, 1.82) is 0 Å². The van der Waals surface area contributed by atoms with Crippen molar-refractivity contribution in [1.82, 2.24) is 0 Å². The van der Waals surface area contributed by atoms with Crippen LogP contribution in [0.2, 0.25) is 5.02 Å². The largest absolute Gasteiger partial charge is 0.465 e. The zero-order valence-electron chi connectivity index (χ0n) is 15.0. The molecule has 0 fully saturated rings. The van der Waals surface area contributed by atoms with Crippen LogP contribution in [0.5, 0.6) is 0 Å². The molecule has 1 atom stereocenters. The SMILES string of the molecule is CCCC(=O)Nc1cc(SC(CC)C(=O)OCC(C)C)c(Cl)cc1F. The average molecular weight is 390 g/mol. The first-order valence-corrected chi connectivity index (χ1v) is 9.66. The minimum absolute atomic E-state index is 0.0655. The van der Waals surface area contributed by atoms with E-state index in [1.165, 1.54) is 17.8 Å². The predicted molar refractivity (Wildman–Crippen MR) is 101 cm³/mol. The molecule has 1 aromatic carbocycles. The number of esters is 1. The zero-order chi connectivity index (χ0) is 19.0. The molecule has 0 saturated carbocycles. The number of carbonyl (C=O) groups is 2. The van der Waals surface area contributed by atoms with Gasteiger partial charge in [0.25, 0.3) is 0 Å². The predicted octanol–water partition coefficient (Wildman–Crippen LogP) is 5.29. The molecule has 0 radical (unpaired) electrons. The first kappa shape index (κ1) is 21.8. The molecule has 0 aliphatic rings. The Morgan fingerprint density at radius 3 is 2.56 bits per heavy atom. The maximum absolute atomic E-state index is 14.0. The van der Waals surface area contributed by atoms with E-state index in [0.717, 1.165) is 6.07 Å². The van der Waals surface area contributed by atoms with Gasteiger partial charge in [-0.15, -0.1) is 11.8 Å².